The smallest absolute Gasteiger partial charge is 0.197 e. The van der Waals surface area contributed by atoms with E-state index in [1.807, 2.05) is 12.3 Å². The molecule has 2 N–H and O–H groups in total. The molecule has 0 unspecified atom stereocenters. The number of rotatable bonds is 7. The Morgan fingerprint density at radius 1 is 1.16 bits per heavy atom. The summed E-state index contributed by atoms with van der Waals surface area (Å²) in [5, 5.41) is 16.1. The van der Waals surface area contributed by atoms with Crippen LogP contribution in [0.25, 0.3) is 28.3 Å². The van der Waals surface area contributed by atoms with Gasteiger partial charge in [-0.15, -0.1) is 0 Å². The van der Waals surface area contributed by atoms with E-state index >= 15 is 0 Å². The van der Waals surface area contributed by atoms with Crippen LogP contribution < -0.4 is 10.1 Å². The molecule has 1 aliphatic carbocycles. The van der Waals surface area contributed by atoms with E-state index in [1.54, 1.807) is 11.6 Å². The van der Waals surface area contributed by atoms with Crippen molar-refractivity contribution in [3.8, 4) is 28.4 Å². The molecule has 5 heterocycles. The van der Waals surface area contributed by atoms with Gasteiger partial charge in [-0.3, -0.25) is 10.1 Å². The van der Waals surface area contributed by atoms with Crippen LogP contribution in [0, 0.1) is 0 Å². The molecule has 194 valence electrons. The summed E-state index contributed by atoms with van der Waals surface area (Å²) in [7, 11) is 1.65. The number of hydrogen-bond donors (Lipinski definition) is 2. The van der Waals surface area contributed by atoms with Crippen molar-refractivity contribution in [2.24, 2.45) is 0 Å². The summed E-state index contributed by atoms with van der Waals surface area (Å²) in [6.07, 6.45) is 10.3. The second-order valence-electron chi connectivity index (χ2n) is 11.1. The molecule has 1 aliphatic heterocycles. The van der Waals surface area contributed by atoms with Gasteiger partial charge in [0.05, 0.1) is 37.3 Å². The maximum atomic E-state index is 5.57. The summed E-state index contributed by atoms with van der Waals surface area (Å²) in [6.45, 7) is 8.28. The normalized spacial score (nSPS) is 21.3. The number of nitrogens with one attached hydrogen (secondary N) is 2. The Morgan fingerprint density at radius 3 is 2.62 bits per heavy atom. The summed E-state index contributed by atoms with van der Waals surface area (Å²) in [4.78, 5) is 9.17. The van der Waals surface area contributed by atoms with Gasteiger partial charge in [0.15, 0.2) is 11.4 Å². The predicted molar refractivity (Wildman–Crippen MR) is 142 cm³/mol. The molecule has 2 fully saturated rings. The molecule has 9 heteroatoms. The Kier molecular flexibility index (Phi) is 6.20. The fourth-order valence-corrected chi connectivity index (χ4v) is 5.85. The Labute approximate surface area is 217 Å². The molecule has 1 saturated heterocycles. The first-order chi connectivity index (χ1) is 17.9. The van der Waals surface area contributed by atoms with Gasteiger partial charge in [0.1, 0.15) is 12.0 Å². The van der Waals surface area contributed by atoms with Crippen LogP contribution in [0.1, 0.15) is 69.4 Å². The fourth-order valence-electron chi connectivity index (χ4n) is 5.85. The largest absolute Gasteiger partial charge is 0.493 e. The van der Waals surface area contributed by atoms with E-state index < -0.39 is 0 Å². The standard InChI is InChI=1S/C28H35N7O2/c1-17(2)24-25(20-11-23(36-4)27-30-16-31-35(27)13-20)33-34-26(24)22-10-7-19(12-29-22)18-5-8-21(9-6-18)32-28(3)14-37-15-28/h7,10-13,16-18,21,32H,5-6,8-9,14-15H2,1-4H3,(H,33,34). The highest BCUT2D eigenvalue weighted by molar-refractivity contribution is 5.75. The van der Waals surface area contributed by atoms with E-state index in [1.165, 1.54) is 37.6 Å². The van der Waals surface area contributed by atoms with Crippen LogP contribution in [0.2, 0.25) is 0 Å². The van der Waals surface area contributed by atoms with E-state index in [0.29, 0.717) is 23.4 Å². The molecule has 4 aromatic heterocycles. The quantitative estimate of drug-likeness (QED) is 0.378. The Hall–Kier alpha value is -3.30. The van der Waals surface area contributed by atoms with Crippen LogP contribution in [0.5, 0.6) is 5.75 Å². The molecule has 0 aromatic carbocycles. The topological polar surface area (TPSA) is 102 Å². The third-order valence-electron chi connectivity index (χ3n) is 7.85. The molecule has 6 rings (SSSR count). The highest BCUT2D eigenvalue weighted by Crippen LogP contribution is 2.38. The van der Waals surface area contributed by atoms with E-state index in [9.17, 15) is 0 Å². The average Bonchev–Trinajstić information content (AvgIpc) is 3.55. The van der Waals surface area contributed by atoms with Gasteiger partial charge in [-0.25, -0.2) is 9.50 Å². The monoisotopic (exact) mass is 501 g/mol. The Morgan fingerprint density at radius 2 is 1.97 bits per heavy atom. The van der Waals surface area contributed by atoms with Gasteiger partial charge in [0.25, 0.3) is 0 Å². The van der Waals surface area contributed by atoms with Gasteiger partial charge in [0.2, 0.25) is 0 Å². The summed E-state index contributed by atoms with van der Waals surface area (Å²) in [5.41, 5.74) is 6.97. The number of H-pyrrole nitrogens is 1. The maximum absolute atomic E-state index is 5.57. The highest BCUT2D eigenvalue weighted by Gasteiger charge is 2.36. The van der Waals surface area contributed by atoms with Crippen LogP contribution in [0.4, 0.5) is 0 Å². The second kappa shape index (κ2) is 9.54. The van der Waals surface area contributed by atoms with E-state index in [0.717, 1.165) is 41.4 Å². The second-order valence-corrected chi connectivity index (χ2v) is 11.1. The third kappa shape index (κ3) is 4.51. The Bertz CT molecular complexity index is 1380. The van der Waals surface area contributed by atoms with Crippen LogP contribution in [-0.4, -0.2) is 61.7 Å². The van der Waals surface area contributed by atoms with Crippen LogP contribution in [0.3, 0.4) is 0 Å². The van der Waals surface area contributed by atoms with Gasteiger partial charge in [-0.05, 0) is 62.1 Å². The molecule has 0 amide bonds. The molecule has 4 aromatic rings. The molecule has 2 aliphatic rings. The number of pyridine rings is 2. The molecule has 0 bridgehead atoms. The van der Waals surface area contributed by atoms with Gasteiger partial charge >= 0.3 is 0 Å². The summed E-state index contributed by atoms with van der Waals surface area (Å²) >= 11 is 0. The molecule has 9 nitrogen and oxygen atoms in total. The van der Waals surface area contributed by atoms with Gasteiger partial charge < -0.3 is 14.8 Å². The lowest BCUT2D eigenvalue weighted by Gasteiger charge is -2.43. The lowest BCUT2D eigenvalue weighted by Crippen LogP contribution is -2.61. The number of ether oxygens (including phenoxy) is 2. The van der Waals surface area contributed by atoms with Gasteiger partial charge in [-0.1, -0.05) is 19.9 Å². The predicted octanol–water partition coefficient (Wildman–Crippen LogP) is 4.72. The maximum Gasteiger partial charge on any atom is 0.197 e. The van der Waals surface area contributed by atoms with Gasteiger partial charge in [-0.2, -0.15) is 10.2 Å². The molecular formula is C28H35N7O2. The van der Waals surface area contributed by atoms with Crippen LogP contribution >= 0.6 is 0 Å². The SMILES string of the molecule is COc1cc(-c2[nH]nc(-c3ccc(C4CCC(NC5(C)COC5)CC4)cn3)c2C(C)C)cn2ncnc12. The number of hydrogen-bond acceptors (Lipinski definition) is 7. The average molecular weight is 502 g/mol. The van der Waals surface area contributed by atoms with E-state index in [-0.39, 0.29) is 11.5 Å². The number of methoxy groups -OCH3 is 1. The first kappa shape index (κ1) is 24.1. The van der Waals surface area contributed by atoms with E-state index in [2.05, 4.69) is 59.6 Å². The number of nitrogens with zero attached hydrogens (tertiary/aromatic N) is 5. The molecule has 0 spiro atoms. The zero-order chi connectivity index (χ0) is 25.6. The first-order valence-corrected chi connectivity index (χ1v) is 13.2. The molecular weight excluding hydrogens is 466 g/mol. The van der Waals surface area contributed by atoms with E-state index in [4.69, 9.17) is 19.6 Å². The number of aromatic nitrogens is 6. The summed E-state index contributed by atoms with van der Waals surface area (Å²) < 4.78 is 12.7. The van der Waals surface area contributed by atoms with Crippen molar-refractivity contribution in [2.75, 3.05) is 20.3 Å². The number of aromatic amines is 1. The van der Waals surface area contributed by atoms with Crippen molar-refractivity contribution in [3.05, 3.63) is 48.0 Å². The first-order valence-electron chi connectivity index (χ1n) is 13.2. The molecule has 1 saturated carbocycles. The van der Waals surface area contributed by atoms with Crippen molar-refractivity contribution in [1.82, 2.24) is 35.1 Å². The molecule has 0 radical (unpaired) electrons. The van der Waals surface area contributed by atoms with Crippen molar-refractivity contribution < 1.29 is 9.47 Å². The third-order valence-corrected chi connectivity index (χ3v) is 7.85. The number of fused-ring (bicyclic) bond motifs is 1. The summed E-state index contributed by atoms with van der Waals surface area (Å²) in [5.74, 6) is 1.47. The Balaban J connectivity index is 1.22. The van der Waals surface area contributed by atoms with Crippen LogP contribution in [-0.2, 0) is 4.74 Å². The van der Waals surface area contributed by atoms with Crippen molar-refractivity contribution >= 4 is 5.65 Å². The minimum absolute atomic E-state index is 0.170. The zero-order valence-corrected chi connectivity index (χ0v) is 22.0. The molecule has 0 atom stereocenters. The lowest BCUT2D eigenvalue weighted by atomic mass is 9.81. The van der Waals surface area contributed by atoms with Crippen molar-refractivity contribution in [3.63, 3.8) is 0 Å². The fraction of sp³-hybridized carbons (Fsp3) is 0.500. The minimum atomic E-state index is 0.170. The van der Waals surface area contributed by atoms with Crippen LogP contribution in [0.15, 0.2) is 36.9 Å². The highest BCUT2D eigenvalue weighted by atomic mass is 16.5. The zero-order valence-electron chi connectivity index (χ0n) is 22.0. The van der Waals surface area contributed by atoms with Gasteiger partial charge in [0, 0.05) is 29.6 Å². The van der Waals surface area contributed by atoms with Crippen molar-refractivity contribution in [2.45, 2.75) is 69.9 Å². The van der Waals surface area contributed by atoms with Crippen molar-refractivity contribution in [1.29, 1.82) is 0 Å². The molecule has 37 heavy (non-hydrogen) atoms. The lowest BCUT2D eigenvalue weighted by molar-refractivity contribution is -0.0712. The minimum Gasteiger partial charge on any atom is -0.493 e. The summed E-state index contributed by atoms with van der Waals surface area (Å²) in [6, 6.07) is 6.93.